The molecule has 0 atom stereocenters. The molecule has 0 spiro atoms. The molecule has 0 N–H and O–H groups in total. The Kier molecular flexibility index (Phi) is 5.50. The van der Waals surface area contributed by atoms with Gasteiger partial charge in [-0.3, -0.25) is 4.57 Å². The van der Waals surface area contributed by atoms with Gasteiger partial charge in [-0.1, -0.05) is 121 Å². The molecule has 9 aromatic rings. The van der Waals surface area contributed by atoms with Gasteiger partial charge in [0.25, 0.3) is 0 Å². The molecular weight excluding hydrogens is 536 g/mol. The number of hydrogen-bond donors (Lipinski definition) is 0. The van der Waals surface area contributed by atoms with Gasteiger partial charge in [-0.25, -0.2) is 4.98 Å². The van der Waals surface area contributed by atoms with E-state index in [2.05, 4.69) is 144 Å². The first-order chi connectivity index (χ1) is 21.8. The molecule has 0 saturated carbocycles. The maximum atomic E-state index is 6.41. The fourth-order valence-electron chi connectivity index (χ4n) is 6.55. The number of aromatic nitrogens is 2. The third-order valence-corrected chi connectivity index (χ3v) is 8.61. The first kappa shape index (κ1) is 24.6. The summed E-state index contributed by atoms with van der Waals surface area (Å²) in [6.45, 7) is 0. The average molecular weight is 563 g/mol. The predicted molar refractivity (Wildman–Crippen MR) is 182 cm³/mol. The van der Waals surface area contributed by atoms with Gasteiger partial charge < -0.3 is 4.42 Å². The number of nitrogens with zero attached hydrogens (tertiary/aromatic N) is 2. The molecule has 6 aromatic carbocycles. The Morgan fingerprint density at radius 1 is 0.432 bits per heavy atom. The van der Waals surface area contributed by atoms with Crippen molar-refractivity contribution in [2.24, 2.45) is 0 Å². The van der Waals surface area contributed by atoms with Gasteiger partial charge in [0.1, 0.15) is 17.0 Å². The van der Waals surface area contributed by atoms with Crippen LogP contribution in [0.1, 0.15) is 0 Å². The molecule has 0 aliphatic carbocycles. The molecule has 0 aliphatic heterocycles. The van der Waals surface area contributed by atoms with Crippen LogP contribution in [0.5, 0.6) is 0 Å². The maximum Gasteiger partial charge on any atom is 0.143 e. The number of fused-ring (bicyclic) bond motifs is 6. The quantitative estimate of drug-likeness (QED) is 0.214. The third-order valence-electron chi connectivity index (χ3n) is 8.61. The third kappa shape index (κ3) is 3.87. The van der Waals surface area contributed by atoms with E-state index in [1.54, 1.807) is 0 Å². The molecule has 44 heavy (non-hydrogen) atoms. The minimum atomic E-state index is 0.892. The van der Waals surface area contributed by atoms with Crippen LogP contribution >= 0.6 is 0 Å². The summed E-state index contributed by atoms with van der Waals surface area (Å²) in [6, 6.07) is 55.4. The second-order valence-corrected chi connectivity index (χ2v) is 11.2. The van der Waals surface area contributed by atoms with E-state index in [-0.39, 0.29) is 0 Å². The van der Waals surface area contributed by atoms with Crippen molar-refractivity contribution in [3.05, 3.63) is 158 Å². The molecule has 0 fully saturated rings. The van der Waals surface area contributed by atoms with Crippen molar-refractivity contribution in [2.45, 2.75) is 0 Å². The molecular formula is C41H26N2O. The van der Waals surface area contributed by atoms with E-state index in [1.165, 1.54) is 10.8 Å². The molecule has 9 rings (SSSR count). The van der Waals surface area contributed by atoms with E-state index >= 15 is 0 Å². The predicted octanol–water partition coefficient (Wildman–Crippen LogP) is 11.1. The zero-order chi connectivity index (χ0) is 29.0. The molecule has 3 nitrogen and oxygen atoms in total. The lowest BCUT2D eigenvalue weighted by atomic mass is 10.0. The zero-order valence-corrected chi connectivity index (χ0v) is 23.8. The second kappa shape index (κ2) is 9.82. The van der Waals surface area contributed by atoms with Crippen LogP contribution in [0.2, 0.25) is 0 Å². The Balaban J connectivity index is 1.30. The first-order valence-corrected chi connectivity index (χ1v) is 14.9. The van der Waals surface area contributed by atoms with Crippen molar-refractivity contribution in [3.63, 3.8) is 0 Å². The summed E-state index contributed by atoms with van der Waals surface area (Å²) < 4.78 is 8.71. The van der Waals surface area contributed by atoms with E-state index in [0.29, 0.717) is 0 Å². The number of para-hydroxylation sites is 3. The Bertz CT molecular complexity index is 2430. The van der Waals surface area contributed by atoms with Crippen LogP contribution in [0.25, 0.3) is 83.1 Å². The van der Waals surface area contributed by atoms with Crippen molar-refractivity contribution in [3.8, 4) is 39.3 Å². The van der Waals surface area contributed by atoms with Gasteiger partial charge in [-0.05, 0) is 53.1 Å². The normalized spacial score (nSPS) is 11.6. The minimum Gasteiger partial charge on any atom is -0.455 e. The zero-order valence-electron chi connectivity index (χ0n) is 23.8. The van der Waals surface area contributed by atoms with Crippen LogP contribution in [-0.4, -0.2) is 9.55 Å². The fourth-order valence-corrected chi connectivity index (χ4v) is 6.55. The lowest BCUT2D eigenvalue weighted by Gasteiger charge is -2.13. The van der Waals surface area contributed by atoms with Gasteiger partial charge >= 0.3 is 0 Å². The summed E-state index contributed by atoms with van der Waals surface area (Å²) in [5, 5.41) is 4.64. The molecule has 0 radical (unpaired) electrons. The summed E-state index contributed by atoms with van der Waals surface area (Å²) in [4.78, 5) is 5.27. The maximum absolute atomic E-state index is 6.41. The minimum absolute atomic E-state index is 0.892. The van der Waals surface area contributed by atoms with Gasteiger partial charge in [-0.2, -0.15) is 0 Å². The monoisotopic (exact) mass is 562 g/mol. The van der Waals surface area contributed by atoms with Crippen LogP contribution in [0.15, 0.2) is 162 Å². The topological polar surface area (TPSA) is 31.0 Å². The van der Waals surface area contributed by atoms with Crippen molar-refractivity contribution >= 4 is 43.7 Å². The van der Waals surface area contributed by atoms with Crippen LogP contribution in [0.3, 0.4) is 0 Å². The molecule has 0 bridgehead atoms. The summed E-state index contributed by atoms with van der Waals surface area (Å²) >= 11 is 0. The number of pyridine rings is 1. The van der Waals surface area contributed by atoms with E-state index in [4.69, 9.17) is 9.40 Å². The lowest BCUT2D eigenvalue weighted by molar-refractivity contribution is 0.670. The highest BCUT2D eigenvalue weighted by molar-refractivity contribution is 6.13. The van der Waals surface area contributed by atoms with Gasteiger partial charge in [-0.15, -0.1) is 0 Å². The SMILES string of the molecule is c1ccc(-c2cc(-c3ccccc3)nc(-n3c4ccccc4c4cc(-c5cccc6c5oc5ccccc56)ccc43)c2)cc1. The van der Waals surface area contributed by atoms with Crippen molar-refractivity contribution in [1.82, 2.24) is 9.55 Å². The number of furan rings is 1. The number of benzene rings is 6. The van der Waals surface area contributed by atoms with E-state index in [1.807, 2.05) is 18.2 Å². The van der Waals surface area contributed by atoms with Crippen LogP contribution in [-0.2, 0) is 0 Å². The summed E-state index contributed by atoms with van der Waals surface area (Å²) in [5.74, 6) is 0.892. The molecule has 3 heteroatoms. The van der Waals surface area contributed by atoms with E-state index in [0.717, 1.165) is 72.3 Å². The summed E-state index contributed by atoms with van der Waals surface area (Å²) in [5.41, 5.74) is 10.6. The Morgan fingerprint density at radius 2 is 1.11 bits per heavy atom. The Morgan fingerprint density at radius 3 is 1.95 bits per heavy atom. The van der Waals surface area contributed by atoms with Crippen molar-refractivity contribution in [2.75, 3.05) is 0 Å². The average Bonchev–Trinajstić information content (AvgIpc) is 3.64. The smallest absolute Gasteiger partial charge is 0.143 e. The number of rotatable bonds is 4. The van der Waals surface area contributed by atoms with Crippen molar-refractivity contribution in [1.29, 1.82) is 0 Å². The van der Waals surface area contributed by atoms with E-state index in [9.17, 15) is 0 Å². The van der Waals surface area contributed by atoms with Gasteiger partial charge in [0, 0.05) is 32.7 Å². The highest BCUT2D eigenvalue weighted by Gasteiger charge is 2.18. The standard InChI is InChI=1S/C41H26N2O/c1-3-12-27(13-4-1)30-25-36(28-14-5-2-6-15-28)42-40(26-30)43-37-20-9-7-16-32(37)35-24-29(22-23-38(35)43)31-18-11-19-34-33-17-8-10-21-39(33)44-41(31)34/h1-26H. The van der Waals surface area contributed by atoms with Crippen LogP contribution in [0, 0.1) is 0 Å². The fraction of sp³-hybridized carbons (Fsp3) is 0. The van der Waals surface area contributed by atoms with Gasteiger partial charge in [0.2, 0.25) is 0 Å². The highest BCUT2D eigenvalue weighted by Crippen LogP contribution is 2.39. The van der Waals surface area contributed by atoms with Crippen LogP contribution in [0.4, 0.5) is 0 Å². The molecule has 0 unspecified atom stereocenters. The molecule has 0 saturated heterocycles. The first-order valence-electron chi connectivity index (χ1n) is 14.9. The van der Waals surface area contributed by atoms with E-state index < -0.39 is 0 Å². The Hall–Kier alpha value is -5.93. The van der Waals surface area contributed by atoms with Crippen molar-refractivity contribution < 1.29 is 4.42 Å². The van der Waals surface area contributed by atoms with Crippen LogP contribution < -0.4 is 0 Å². The summed E-state index contributed by atoms with van der Waals surface area (Å²) in [6.07, 6.45) is 0. The Labute approximate surface area is 254 Å². The number of hydrogen-bond acceptors (Lipinski definition) is 2. The lowest BCUT2D eigenvalue weighted by Crippen LogP contribution is -2.00. The molecule has 3 aromatic heterocycles. The van der Waals surface area contributed by atoms with Gasteiger partial charge in [0.05, 0.1) is 16.7 Å². The molecule has 0 aliphatic rings. The molecule has 0 amide bonds. The highest BCUT2D eigenvalue weighted by atomic mass is 16.3. The molecule has 3 heterocycles. The van der Waals surface area contributed by atoms with Gasteiger partial charge in [0.15, 0.2) is 0 Å². The largest absolute Gasteiger partial charge is 0.455 e. The molecule has 206 valence electrons. The second-order valence-electron chi connectivity index (χ2n) is 11.2. The summed E-state index contributed by atoms with van der Waals surface area (Å²) in [7, 11) is 0.